The Balaban J connectivity index is 1.12. The second-order valence-corrected chi connectivity index (χ2v) is 19.0. The molecule has 0 N–H and O–H groups in total. The van der Waals surface area contributed by atoms with Crippen molar-refractivity contribution in [3.8, 4) is 11.4 Å². The first-order valence-electron chi connectivity index (χ1n) is 20.1. The summed E-state index contributed by atoms with van der Waals surface area (Å²) in [6.07, 6.45) is 9.73. The molecule has 0 radical (unpaired) electrons. The first kappa shape index (κ1) is 34.7. The van der Waals surface area contributed by atoms with Crippen LogP contribution in [-0.2, 0) is 0 Å². The average molecular weight is 774 g/mol. The van der Waals surface area contributed by atoms with Crippen LogP contribution in [0.15, 0.2) is 211 Å². The number of aryl methyl sites for hydroxylation is 1. The maximum Gasteiger partial charge on any atom is 0.179 e. The topological polar surface area (TPSA) is 35.9 Å². The van der Waals surface area contributed by atoms with Crippen LogP contribution in [0.1, 0.15) is 11.3 Å². The monoisotopic (exact) mass is 773 g/mol. The van der Waals surface area contributed by atoms with Gasteiger partial charge in [-0.2, -0.15) is 0 Å². The van der Waals surface area contributed by atoms with Gasteiger partial charge in [-0.1, -0.05) is 146 Å². The van der Waals surface area contributed by atoms with Gasteiger partial charge >= 0.3 is 0 Å². The molecule has 4 nitrogen and oxygen atoms in total. The molecule has 0 bridgehead atoms. The van der Waals surface area contributed by atoms with E-state index in [4.69, 9.17) is 4.42 Å². The normalized spacial score (nSPS) is 12.2. The molecule has 0 amide bonds. The summed E-state index contributed by atoms with van der Waals surface area (Å²) >= 11 is 0. The second kappa shape index (κ2) is 13.9. The van der Waals surface area contributed by atoms with Gasteiger partial charge in [-0.05, 0) is 82.3 Å². The number of furan rings is 1. The molecule has 0 unspecified atom stereocenters. The van der Waals surface area contributed by atoms with E-state index in [9.17, 15) is 0 Å². The molecule has 59 heavy (non-hydrogen) atoms. The summed E-state index contributed by atoms with van der Waals surface area (Å²) < 4.78 is 11.1. The van der Waals surface area contributed by atoms with Crippen LogP contribution in [0.5, 0.6) is 0 Å². The zero-order valence-electron chi connectivity index (χ0n) is 32.6. The Kier molecular flexibility index (Phi) is 8.17. The molecule has 0 saturated heterocycles. The van der Waals surface area contributed by atoms with Crippen molar-refractivity contribution in [2.24, 2.45) is 0 Å². The third-order valence-electron chi connectivity index (χ3n) is 12.1. The predicted molar refractivity (Wildman–Crippen MR) is 250 cm³/mol. The average Bonchev–Trinajstić information content (AvgIpc) is 3.92. The predicted octanol–water partition coefficient (Wildman–Crippen LogP) is 10.9. The summed E-state index contributed by atoms with van der Waals surface area (Å²) in [5.74, 6) is 0.898. The fourth-order valence-corrected chi connectivity index (χ4v) is 14.3. The number of hydrogen-bond donors (Lipinski definition) is 0. The molecule has 4 aromatic heterocycles. The molecule has 0 aliphatic carbocycles. The largest absolute Gasteiger partial charge is 0.461 e. The fraction of sp³-hybridized carbons (Fsp3) is 0.0185. The van der Waals surface area contributed by atoms with Crippen molar-refractivity contribution in [3.63, 3.8) is 0 Å². The van der Waals surface area contributed by atoms with E-state index in [1.165, 1.54) is 42.4 Å². The molecule has 0 saturated carbocycles. The molecular weight excluding hydrogens is 735 g/mol. The molecule has 0 fully saturated rings. The van der Waals surface area contributed by atoms with Gasteiger partial charge in [-0.25, -0.2) is 0 Å². The van der Waals surface area contributed by atoms with Crippen LogP contribution in [0.2, 0.25) is 0 Å². The van der Waals surface area contributed by atoms with Crippen LogP contribution in [0.4, 0.5) is 0 Å². The van der Waals surface area contributed by atoms with Gasteiger partial charge in [0.05, 0.1) is 22.1 Å². The Morgan fingerprint density at radius 1 is 0.508 bits per heavy atom. The molecule has 4 heterocycles. The van der Waals surface area contributed by atoms with Gasteiger partial charge in [-0.15, -0.1) is 0 Å². The van der Waals surface area contributed by atoms with Crippen LogP contribution in [0.3, 0.4) is 0 Å². The van der Waals surface area contributed by atoms with Crippen molar-refractivity contribution in [1.82, 2.24) is 14.1 Å². The Hall–Kier alpha value is -7.47. The number of hydrogen-bond acceptors (Lipinski definition) is 2. The van der Waals surface area contributed by atoms with Crippen molar-refractivity contribution in [1.29, 1.82) is 0 Å². The van der Waals surface area contributed by atoms with E-state index >= 15 is 0 Å². The summed E-state index contributed by atoms with van der Waals surface area (Å²) in [6, 6.07) is 64.9. The minimum absolute atomic E-state index is 0.889. The molecule has 11 aromatic rings. The third-order valence-corrected chi connectivity index (χ3v) is 16.9. The quantitative estimate of drug-likeness (QED) is 0.0876. The SMILES string of the molecule is C=C/C=C\c1c(C)oc2cc3c4ccccc4n(-c4ccc([Si](c5ccccc5)(c5ccccc5)c5ccc(-n6c7ccccc7c7cnccc76)cc5)cc4)c3cc12. The van der Waals surface area contributed by atoms with Gasteiger partial charge < -0.3 is 13.6 Å². The van der Waals surface area contributed by atoms with Crippen LogP contribution < -0.4 is 20.7 Å². The molecule has 0 aliphatic heterocycles. The van der Waals surface area contributed by atoms with Gasteiger partial charge in [0, 0.05) is 56.3 Å². The summed E-state index contributed by atoms with van der Waals surface area (Å²) in [6.45, 7) is 5.93. The lowest BCUT2D eigenvalue weighted by atomic mass is 10.1. The van der Waals surface area contributed by atoms with E-state index in [0.29, 0.717) is 0 Å². The summed E-state index contributed by atoms with van der Waals surface area (Å²) in [4.78, 5) is 4.48. The van der Waals surface area contributed by atoms with Crippen molar-refractivity contribution in [2.45, 2.75) is 6.92 Å². The van der Waals surface area contributed by atoms with Gasteiger partial charge in [-0.3, -0.25) is 4.98 Å². The summed E-state index contributed by atoms with van der Waals surface area (Å²) in [5.41, 5.74) is 8.84. The standard InChI is InChI=1S/C54H39N3OSi/c1-3-4-19-44-37(2)58-54-35-47-45-20-11-13-22-50(45)57(53(47)34-48(44)54)39-26-30-43(31-27-39)59(40-15-7-5-8-16-40,41-17-9-6-10-18-41)42-28-24-38(25-29-42)56-51-23-14-12-21-46(51)49-36-55-33-32-52(49)56/h3-36H,1H2,2H3/b19-4-. The van der Waals surface area contributed by atoms with Crippen LogP contribution >= 0.6 is 0 Å². The lowest BCUT2D eigenvalue weighted by molar-refractivity contribution is 0.578. The van der Waals surface area contributed by atoms with E-state index < -0.39 is 8.07 Å². The van der Waals surface area contributed by atoms with Gasteiger partial charge in [0.2, 0.25) is 0 Å². The van der Waals surface area contributed by atoms with Gasteiger partial charge in [0.1, 0.15) is 11.3 Å². The highest BCUT2D eigenvalue weighted by atomic mass is 28.3. The maximum atomic E-state index is 6.32. The molecular formula is C54H39N3OSi. The van der Waals surface area contributed by atoms with E-state index in [1.807, 2.05) is 31.5 Å². The maximum absolute atomic E-state index is 6.32. The molecule has 5 heteroatoms. The number of rotatable bonds is 8. The highest BCUT2D eigenvalue weighted by Crippen LogP contribution is 2.38. The molecule has 0 spiro atoms. The zero-order chi connectivity index (χ0) is 39.5. The van der Waals surface area contributed by atoms with Crippen molar-refractivity contribution in [2.75, 3.05) is 0 Å². The molecule has 11 rings (SSSR count). The first-order valence-corrected chi connectivity index (χ1v) is 22.1. The van der Waals surface area contributed by atoms with Crippen LogP contribution in [0, 0.1) is 6.92 Å². The fourth-order valence-electron chi connectivity index (χ4n) is 9.54. The van der Waals surface area contributed by atoms with E-state index in [-0.39, 0.29) is 0 Å². The molecule has 0 atom stereocenters. The Morgan fingerprint density at radius 3 is 1.61 bits per heavy atom. The number of pyridine rings is 1. The van der Waals surface area contributed by atoms with Crippen LogP contribution in [-0.4, -0.2) is 22.2 Å². The van der Waals surface area contributed by atoms with Crippen molar-refractivity contribution < 1.29 is 4.42 Å². The van der Waals surface area contributed by atoms with E-state index in [1.54, 1.807) is 0 Å². The van der Waals surface area contributed by atoms with Crippen molar-refractivity contribution in [3.05, 3.63) is 218 Å². The first-order chi connectivity index (χ1) is 29.1. The highest BCUT2D eigenvalue weighted by Gasteiger charge is 2.41. The van der Waals surface area contributed by atoms with E-state index in [2.05, 4.69) is 203 Å². The Bertz CT molecular complexity index is 3300. The third kappa shape index (κ3) is 5.32. The lowest BCUT2D eigenvalue weighted by Gasteiger charge is -2.34. The Morgan fingerprint density at radius 2 is 1.02 bits per heavy atom. The molecule has 7 aromatic carbocycles. The van der Waals surface area contributed by atoms with E-state index in [0.717, 1.165) is 55.6 Å². The Labute approximate surface area is 343 Å². The second-order valence-electron chi connectivity index (χ2n) is 15.2. The minimum Gasteiger partial charge on any atom is -0.461 e. The van der Waals surface area contributed by atoms with Crippen LogP contribution in [0.25, 0.3) is 72.0 Å². The van der Waals surface area contributed by atoms with Crippen molar-refractivity contribution >= 4 is 89.5 Å². The number of nitrogens with zero attached hydrogens (tertiary/aromatic N) is 3. The number of benzene rings is 7. The zero-order valence-corrected chi connectivity index (χ0v) is 33.6. The number of fused-ring (bicyclic) bond motifs is 7. The number of aromatic nitrogens is 3. The number of allylic oxidation sites excluding steroid dienone is 2. The summed E-state index contributed by atoms with van der Waals surface area (Å²) in [7, 11) is -2.84. The lowest BCUT2D eigenvalue weighted by Crippen LogP contribution is -2.74. The molecule has 0 aliphatic rings. The van der Waals surface area contributed by atoms with Gasteiger partial charge in [0.15, 0.2) is 8.07 Å². The van der Waals surface area contributed by atoms with Gasteiger partial charge in [0.25, 0.3) is 0 Å². The highest BCUT2D eigenvalue weighted by molar-refractivity contribution is 7.19. The smallest absolute Gasteiger partial charge is 0.179 e. The molecule has 280 valence electrons. The minimum atomic E-state index is -2.84. The number of para-hydroxylation sites is 2. The summed E-state index contributed by atoms with van der Waals surface area (Å²) in [5, 5.41) is 11.1.